The third kappa shape index (κ3) is 2.99. The minimum Gasteiger partial charge on any atom is -0.434 e. The highest BCUT2D eigenvalue weighted by atomic mass is 16.6. The molecule has 0 saturated heterocycles. The molecular weight excluding hydrogens is 250 g/mol. The quantitative estimate of drug-likeness (QED) is 0.363. The van der Waals surface area contributed by atoms with Crippen molar-refractivity contribution in [1.29, 1.82) is 0 Å². The molecule has 0 amide bonds. The summed E-state index contributed by atoms with van der Waals surface area (Å²) in [7, 11) is 0. The number of pyridine rings is 1. The van der Waals surface area contributed by atoms with Crippen LogP contribution in [0.5, 0.6) is 11.6 Å². The highest BCUT2D eigenvalue weighted by Gasteiger charge is 2.16. The highest BCUT2D eigenvalue weighted by Crippen LogP contribution is 2.29. The molecule has 0 bridgehead atoms. The van der Waals surface area contributed by atoms with Crippen LogP contribution in [0.1, 0.15) is 0 Å². The van der Waals surface area contributed by atoms with Crippen LogP contribution in [-0.2, 0) is 4.79 Å². The number of nitro groups is 1. The lowest BCUT2D eigenvalue weighted by Gasteiger charge is -2.04. The van der Waals surface area contributed by atoms with Crippen molar-refractivity contribution < 1.29 is 14.5 Å². The Bertz CT molecular complexity index is 666. The third-order valence-corrected chi connectivity index (χ3v) is 2.15. The summed E-state index contributed by atoms with van der Waals surface area (Å²) in [4.78, 5) is 27.6. The summed E-state index contributed by atoms with van der Waals surface area (Å²) in [6.45, 7) is 0. The number of ether oxygens (including phenoxy) is 1. The molecule has 0 radical (unpaired) electrons. The van der Waals surface area contributed by atoms with Crippen LogP contribution in [0, 0.1) is 10.1 Å². The molecule has 7 nitrogen and oxygen atoms in total. The highest BCUT2D eigenvalue weighted by molar-refractivity contribution is 5.52. The van der Waals surface area contributed by atoms with Gasteiger partial charge in [0.25, 0.3) is 5.88 Å². The molecule has 0 aliphatic carbocycles. The minimum atomic E-state index is -0.588. The molecule has 1 heterocycles. The van der Waals surface area contributed by atoms with E-state index in [0.717, 1.165) is 0 Å². The standard InChI is InChI=1S/C12H7N3O4/c16-8-14-9-3-1-4-10(7-9)19-12-11(15(17)18)5-2-6-13-12/h1-7H. The average Bonchev–Trinajstić information content (AvgIpc) is 2.40. The molecule has 0 aliphatic heterocycles. The van der Waals surface area contributed by atoms with Gasteiger partial charge in [-0.3, -0.25) is 10.1 Å². The van der Waals surface area contributed by atoms with Crippen LogP contribution in [0.25, 0.3) is 0 Å². The molecule has 19 heavy (non-hydrogen) atoms. The maximum atomic E-state index is 10.8. The largest absolute Gasteiger partial charge is 0.434 e. The van der Waals surface area contributed by atoms with E-state index < -0.39 is 4.92 Å². The van der Waals surface area contributed by atoms with E-state index in [4.69, 9.17) is 4.74 Å². The molecule has 0 fully saturated rings. The predicted octanol–water partition coefficient (Wildman–Crippen LogP) is 2.75. The number of hydrogen-bond acceptors (Lipinski definition) is 6. The summed E-state index contributed by atoms with van der Waals surface area (Å²) in [6.07, 6.45) is 2.78. The second-order valence-corrected chi connectivity index (χ2v) is 3.39. The van der Waals surface area contributed by atoms with Crippen LogP contribution >= 0.6 is 0 Å². The first-order valence-corrected chi connectivity index (χ1v) is 5.16. The zero-order chi connectivity index (χ0) is 13.7. The molecule has 0 saturated carbocycles. The van der Waals surface area contributed by atoms with Gasteiger partial charge in [0.1, 0.15) is 5.75 Å². The number of rotatable bonds is 4. The van der Waals surface area contributed by atoms with Crippen LogP contribution < -0.4 is 4.74 Å². The van der Waals surface area contributed by atoms with Gasteiger partial charge in [0, 0.05) is 18.3 Å². The van der Waals surface area contributed by atoms with E-state index >= 15 is 0 Å². The lowest BCUT2D eigenvalue weighted by molar-refractivity contribution is -0.386. The van der Waals surface area contributed by atoms with Crippen molar-refractivity contribution in [1.82, 2.24) is 4.98 Å². The van der Waals surface area contributed by atoms with Gasteiger partial charge in [0.15, 0.2) is 0 Å². The maximum Gasteiger partial charge on any atom is 0.331 e. The van der Waals surface area contributed by atoms with E-state index in [2.05, 4.69) is 9.98 Å². The Balaban J connectivity index is 2.33. The van der Waals surface area contributed by atoms with E-state index in [0.29, 0.717) is 11.4 Å². The zero-order valence-corrected chi connectivity index (χ0v) is 9.52. The Morgan fingerprint density at radius 3 is 2.89 bits per heavy atom. The monoisotopic (exact) mass is 257 g/mol. The van der Waals surface area contributed by atoms with Gasteiger partial charge in [-0.15, -0.1) is 0 Å². The van der Waals surface area contributed by atoms with Crippen molar-refractivity contribution in [2.45, 2.75) is 0 Å². The normalized spacial score (nSPS) is 9.47. The molecule has 94 valence electrons. The summed E-state index contributed by atoms with van der Waals surface area (Å²) in [5.74, 6) is 0.165. The molecule has 1 aromatic heterocycles. The molecule has 0 unspecified atom stereocenters. The molecule has 1 aromatic carbocycles. The van der Waals surface area contributed by atoms with E-state index in [1.165, 1.54) is 30.5 Å². The fourth-order valence-electron chi connectivity index (χ4n) is 1.38. The molecule has 0 atom stereocenters. The van der Waals surface area contributed by atoms with E-state index in [-0.39, 0.29) is 11.6 Å². The predicted molar refractivity (Wildman–Crippen MR) is 65.2 cm³/mol. The molecule has 7 heteroatoms. The molecule has 2 rings (SSSR count). The van der Waals surface area contributed by atoms with Gasteiger partial charge < -0.3 is 4.74 Å². The Morgan fingerprint density at radius 2 is 2.16 bits per heavy atom. The topological polar surface area (TPSA) is 94.7 Å². The second-order valence-electron chi connectivity index (χ2n) is 3.39. The fraction of sp³-hybridized carbons (Fsp3) is 0. The third-order valence-electron chi connectivity index (χ3n) is 2.15. The van der Waals surface area contributed by atoms with Crippen LogP contribution in [0.3, 0.4) is 0 Å². The molecular formula is C12H7N3O4. The number of nitrogens with zero attached hydrogens (tertiary/aromatic N) is 3. The SMILES string of the molecule is O=C=Nc1cccc(Oc2ncccc2[N+](=O)[O-])c1. The van der Waals surface area contributed by atoms with Crippen molar-refractivity contribution in [2.24, 2.45) is 4.99 Å². The first-order valence-electron chi connectivity index (χ1n) is 5.16. The van der Waals surface area contributed by atoms with Crippen LogP contribution in [0.15, 0.2) is 47.6 Å². The fourth-order valence-corrected chi connectivity index (χ4v) is 1.38. The lowest BCUT2D eigenvalue weighted by atomic mass is 10.3. The maximum absolute atomic E-state index is 10.8. The number of isocyanates is 1. The van der Waals surface area contributed by atoms with Gasteiger partial charge >= 0.3 is 5.69 Å². The van der Waals surface area contributed by atoms with Crippen molar-refractivity contribution >= 4 is 17.5 Å². The Hall–Kier alpha value is -3.05. The summed E-state index contributed by atoms with van der Waals surface area (Å²) >= 11 is 0. The summed E-state index contributed by atoms with van der Waals surface area (Å²) < 4.78 is 5.32. The minimum absolute atomic E-state index is 0.125. The van der Waals surface area contributed by atoms with Crippen molar-refractivity contribution in [3.63, 3.8) is 0 Å². The van der Waals surface area contributed by atoms with Gasteiger partial charge in [-0.25, -0.2) is 9.78 Å². The summed E-state index contributed by atoms with van der Waals surface area (Å²) in [6, 6.07) is 8.92. The smallest absolute Gasteiger partial charge is 0.331 e. The summed E-state index contributed by atoms with van der Waals surface area (Å²) in [5.41, 5.74) is 0.0953. The zero-order valence-electron chi connectivity index (χ0n) is 9.52. The van der Waals surface area contributed by atoms with Crippen molar-refractivity contribution in [3.8, 4) is 11.6 Å². The van der Waals surface area contributed by atoms with E-state index in [1.54, 1.807) is 18.2 Å². The second kappa shape index (κ2) is 5.52. The lowest BCUT2D eigenvalue weighted by Crippen LogP contribution is -1.95. The average molecular weight is 257 g/mol. The number of benzene rings is 1. The Kier molecular flexibility index (Phi) is 3.61. The van der Waals surface area contributed by atoms with E-state index in [9.17, 15) is 14.9 Å². The van der Waals surface area contributed by atoms with Crippen LogP contribution in [-0.4, -0.2) is 16.0 Å². The molecule has 0 N–H and O–H groups in total. The number of hydrogen-bond donors (Lipinski definition) is 0. The van der Waals surface area contributed by atoms with Gasteiger partial charge in [-0.1, -0.05) is 6.07 Å². The van der Waals surface area contributed by atoms with Gasteiger partial charge in [-0.05, 0) is 18.2 Å². The number of aromatic nitrogens is 1. The van der Waals surface area contributed by atoms with Crippen molar-refractivity contribution in [3.05, 3.63) is 52.7 Å². The van der Waals surface area contributed by atoms with E-state index in [1.807, 2.05) is 0 Å². The van der Waals surface area contributed by atoms with Gasteiger partial charge in [0.05, 0.1) is 10.6 Å². The molecule has 2 aromatic rings. The van der Waals surface area contributed by atoms with Crippen LogP contribution in [0.4, 0.5) is 11.4 Å². The summed E-state index contributed by atoms with van der Waals surface area (Å²) in [5, 5.41) is 10.8. The first-order chi connectivity index (χ1) is 9.20. The Labute approximate surface area is 107 Å². The van der Waals surface area contributed by atoms with Crippen molar-refractivity contribution in [2.75, 3.05) is 0 Å². The molecule has 0 aliphatic rings. The van der Waals surface area contributed by atoms with Gasteiger partial charge in [-0.2, -0.15) is 4.99 Å². The van der Waals surface area contributed by atoms with Crippen LogP contribution in [0.2, 0.25) is 0 Å². The molecule has 0 spiro atoms. The number of aliphatic imine (C=N–C) groups is 1. The van der Waals surface area contributed by atoms with Gasteiger partial charge in [0.2, 0.25) is 6.08 Å². The Morgan fingerprint density at radius 1 is 1.32 bits per heavy atom. The first kappa shape index (κ1) is 12.4. The number of carbonyl (C=O) groups excluding carboxylic acids is 1.